The van der Waals surface area contributed by atoms with Gasteiger partial charge in [0, 0.05) is 31.2 Å². The van der Waals surface area contributed by atoms with Crippen LogP contribution in [0.15, 0.2) is 42.9 Å². The van der Waals surface area contributed by atoms with E-state index in [1.54, 1.807) is 12.5 Å². The normalized spacial score (nSPS) is 20.6. The van der Waals surface area contributed by atoms with Gasteiger partial charge in [-0.05, 0) is 12.0 Å². The van der Waals surface area contributed by atoms with Crippen LogP contribution in [0.1, 0.15) is 28.4 Å². The van der Waals surface area contributed by atoms with E-state index < -0.39 is 0 Å². The van der Waals surface area contributed by atoms with E-state index >= 15 is 0 Å². The van der Waals surface area contributed by atoms with Crippen molar-refractivity contribution in [2.75, 3.05) is 6.54 Å². The van der Waals surface area contributed by atoms with Gasteiger partial charge in [-0.15, -0.1) is 0 Å². The van der Waals surface area contributed by atoms with Crippen LogP contribution in [0.2, 0.25) is 0 Å². The van der Waals surface area contributed by atoms with E-state index in [1.807, 2.05) is 22.8 Å². The fourth-order valence-electron chi connectivity index (χ4n) is 2.41. The topological polar surface area (TPSA) is 72.9 Å². The SMILES string of the molecule is NCCn1cnc(C(=O)NC2CC2c2ccccc2)c1. The summed E-state index contributed by atoms with van der Waals surface area (Å²) >= 11 is 0. The average Bonchev–Trinajstić information content (AvgIpc) is 3.07. The average molecular weight is 270 g/mol. The zero-order valence-electron chi connectivity index (χ0n) is 11.2. The van der Waals surface area contributed by atoms with Gasteiger partial charge in [-0.2, -0.15) is 0 Å². The Balaban J connectivity index is 1.58. The number of nitrogens with two attached hydrogens (primary N) is 1. The third-order valence-electron chi connectivity index (χ3n) is 3.59. The van der Waals surface area contributed by atoms with E-state index in [9.17, 15) is 4.79 Å². The van der Waals surface area contributed by atoms with Gasteiger partial charge in [0.05, 0.1) is 6.33 Å². The van der Waals surface area contributed by atoms with Gasteiger partial charge in [0.2, 0.25) is 0 Å². The molecule has 3 rings (SSSR count). The highest BCUT2D eigenvalue weighted by Crippen LogP contribution is 2.40. The van der Waals surface area contributed by atoms with E-state index in [0.29, 0.717) is 24.7 Å². The Hall–Kier alpha value is -2.14. The summed E-state index contributed by atoms with van der Waals surface area (Å²) in [5.41, 5.74) is 7.21. The van der Waals surface area contributed by atoms with Gasteiger partial charge < -0.3 is 15.6 Å². The first-order valence-corrected chi connectivity index (χ1v) is 6.85. The lowest BCUT2D eigenvalue weighted by Crippen LogP contribution is -2.26. The Morgan fingerprint density at radius 3 is 2.95 bits per heavy atom. The van der Waals surface area contributed by atoms with E-state index in [-0.39, 0.29) is 11.9 Å². The molecule has 5 nitrogen and oxygen atoms in total. The molecule has 1 aliphatic carbocycles. The fourth-order valence-corrected chi connectivity index (χ4v) is 2.41. The minimum Gasteiger partial charge on any atom is -0.347 e. The summed E-state index contributed by atoms with van der Waals surface area (Å²) in [6.45, 7) is 1.21. The lowest BCUT2D eigenvalue weighted by molar-refractivity contribution is 0.0945. The highest BCUT2D eigenvalue weighted by atomic mass is 16.2. The molecular formula is C15H18N4O. The number of hydrogen-bond donors (Lipinski definition) is 2. The minimum atomic E-state index is -0.107. The molecule has 0 aliphatic heterocycles. The van der Waals surface area contributed by atoms with Crippen molar-refractivity contribution in [1.82, 2.24) is 14.9 Å². The molecule has 20 heavy (non-hydrogen) atoms. The first kappa shape index (κ1) is 12.9. The van der Waals surface area contributed by atoms with Gasteiger partial charge in [-0.3, -0.25) is 4.79 Å². The molecule has 2 aromatic rings. The summed E-state index contributed by atoms with van der Waals surface area (Å²) in [5.74, 6) is 0.329. The van der Waals surface area contributed by atoms with Crippen molar-refractivity contribution in [2.24, 2.45) is 5.73 Å². The molecule has 1 aliphatic rings. The van der Waals surface area contributed by atoms with Crippen molar-refractivity contribution in [2.45, 2.75) is 24.9 Å². The Morgan fingerprint density at radius 2 is 2.20 bits per heavy atom. The number of benzene rings is 1. The van der Waals surface area contributed by atoms with Crippen molar-refractivity contribution < 1.29 is 4.79 Å². The molecule has 1 heterocycles. The largest absolute Gasteiger partial charge is 0.347 e. The Bertz CT molecular complexity index is 593. The first-order valence-electron chi connectivity index (χ1n) is 6.85. The van der Waals surface area contributed by atoms with Crippen molar-refractivity contribution in [1.29, 1.82) is 0 Å². The highest BCUT2D eigenvalue weighted by molar-refractivity contribution is 5.92. The lowest BCUT2D eigenvalue weighted by Gasteiger charge is -2.02. The van der Waals surface area contributed by atoms with Gasteiger partial charge in [0.15, 0.2) is 0 Å². The van der Waals surface area contributed by atoms with Gasteiger partial charge in [-0.25, -0.2) is 4.98 Å². The highest BCUT2D eigenvalue weighted by Gasteiger charge is 2.39. The Labute approximate surface area is 117 Å². The predicted octanol–water partition coefficient (Wildman–Crippen LogP) is 1.13. The van der Waals surface area contributed by atoms with Gasteiger partial charge >= 0.3 is 0 Å². The molecule has 0 saturated heterocycles. The number of carbonyl (C=O) groups is 1. The second-order valence-electron chi connectivity index (χ2n) is 5.12. The van der Waals surface area contributed by atoms with Crippen LogP contribution < -0.4 is 11.1 Å². The molecule has 104 valence electrons. The number of nitrogens with one attached hydrogen (secondary N) is 1. The van der Waals surface area contributed by atoms with Crippen molar-refractivity contribution >= 4 is 5.91 Å². The molecule has 0 radical (unpaired) electrons. The first-order chi connectivity index (χ1) is 9.78. The molecule has 5 heteroatoms. The van der Waals surface area contributed by atoms with Crippen molar-refractivity contribution in [3.63, 3.8) is 0 Å². The summed E-state index contributed by atoms with van der Waals surface area (Å²) in [4.78, 5) is 16.2. The summed E-state index contributed by atoms with van der Waals surface area (Å²) < 4.78 is 1.83. The Kier molecular flexibility index (Phi) is 3.52. The number of amides is 1. The van der Waals surface area contributed by atoms with Crippen LogP contribution in [-0.4, -0.2) is 28.0 Å². The maximum atomic E-state index is 12.1. The molecule has 2 atom stereocenters. The van der Waals surface area contributed by atoms with Crippen LogP contribution in [0.5, 0.6) is 0 Å². The van der Waals surface area contributed by atoms with Crippen LogP contribution in [0.25, 0.3) is 0 Å². The van der Waals surface area contributed by atoms with Crippen LogP contribution >= 0.6 is 0 Å². The monoisotopic (exact) mass is 270 g/mol. The number of imidazole rings is 1. The second-order valence-corrected chi connectivity index (χ2v) is 5.12. The maximum absolute atomic E-state index is 12.1. The molecule has 1 aromatic heterocycles. The quantitative estimate of drug-likeness (QED) is 0.855. The van der Waals surface area contributed by atoms with Gasteiger partial charge in [0.25, 0.3) is 5.91 Å². The number of carbonyl (C=O) groups excluding carboxylic acids is 1. The van der Waals surface area contributed by atoms with Gasteiger partial charge in [0.1, 0.15) is 5.69 Å². The third kappa shape index (κ3) is 2.72. The van der Waals surface area contributed by atoms with Crippen molar-refractivity contribution in [3.8, 4) is 0 Å². The van der Waals surface area contributed by atoms with E-state index in [4.69, 9.17) is 5.73 Å². The number of hydrogen-bond acceptors (Lipinski definition) is 3. The van der Waals surface area contributed by atoms with E-state index in [1.165, 1.54) is 5.56 Å². The molecule has 1 aromatic carbocycles. The standard InChI is InChI=1S/C15H18N4O/c16-6-7-19-9-14(17-10-19)15(20)18-13-8-12(13)11-4-2-1-3-5-11/h1-5,9-10,12-13H,6-8,16H2,(H,18,20). The molecule has 1 fully saturated rings. The fraction of sp³-hybridized carbons (Fsp3) is 0.333. The van der Waals surface area contributed by atoms with Crippen molar-refractivity contribution in [3.05, 3.63) is 54.1 Å². The molecule has 2 unspecified atom stereocenters. The lowest BCUT2D eigenvalue weighted by atomic mass is 10.1. The molecular weight excluding hydrogens is 252 g/mol. The number of nitrogens with zero attached hydrogens (tertiary/aromatic N) is 2. The second kappa shape index (κ2) is 5.46. The zero-order valence-corrected chi connectivity index (χ0v) is 11.2. The Morgan fingerprint density at radius 1 is 1.40 bits per heavy atom. The molecule has 1 amide bonds. The van der Waals surface area contributed by atoms with Crippen LogP contribution in [-0.2, 0) is 6.54 Å². The van der Waals surface area contributed by atoms with Crippen LogP contribution in [0.3, 0.4) is 0 Å². The minimum absolute atomic E-state index is 0.107. The maximum Gasteiger partial charge on any atom is 0.271 e. The van der Waals surface area contributed by atoms with Crippen LogP contribution in [0.4, 0.5) is 0 Å². The van der Waals surface area contributed by atoms with E-state index in [0.717, 1.165) is 6.42 Å². The summed E-state index contributed by atoms with van der Waals surface area (Å²) in [6, 6.07) is 10.5. The zero-order chi connectivity index (χ0) is 13.9. The summed E-state index contributed by atoms with van der Waals surface area (Å²) in [6.07, 6.45) is 4.38. The molecule has 0 spiro atoms. The molecule has 1 saturated carbocycles. The summed E-state index contributed by atoms with van der Waals surface area (Å²) in [5, 5.41) is 3.03. The van der Waals surface area contributed by atoms with Crippen LogP contribution in [0, 0.1) is 0 Å². The van der Waals surface area contributed by atoms with E-state index in [2.05, 4.69) is 22.4 Å². The molecule has 3 N–H and O–H groups in total. The third-order valence-corrected chi connectivity index (χ3v) is 3.59. The number of aromatic nitrogens is 2. The smallest absolute Gasteiger partial charge is 0.271 e. The van der Waals surface area contributed by atoms with Gasteiger partial charge in [-0.1, -0.05) is 30.3 Å². The summed E-state index contributed by atoms with van der Waals surface area (Å²) in [7, 11) is 0. The number of rotatable bonds is 5. The molecule has 0 bridgehead atoms. The predicted molar refractivity (Wildman–Crippen MR) is 76.3 cm³/mol.